The van der Waals surface area contributed by atoms with Crippen LogP contribution < -0.4 is 4.72 Å². The highest BCUT2D eigenvalue weighted by atomic mass is 79.9. The first-order chi connectivity index (χ1) is 9.90. The number of hydrogen-bond acceptors (Lipinski definition) is 5. The minimum Gasteiger partial charge on any atom is -0.381 e. The zero-order chi connectivity index (χ0) is 15.5. The quantitative estimate of drug-likeness (QED) is 0.624. The summed E-state index contributed by atoms with van der Waals surface area (Å²) in [6, 6.07) is 3.84. The molecule has 1 atom stereocenters. The van der Waals surface area contributed by atoms with Crippen LogP contribution in [0.25, 0.3) is 0 Å². The van der Waals surface area contributed by atoms with Crippen molar-refractivity contribution < 1.29 is 18.1 Å². The molecule has 0 aromatic heterocycles. The van der Waals surface area contributed by atoms with Crippen molar-refractivity contribution in [3.8, 4) is 0 Å². The number of ether oxygens (including phenoxy) is 1. The summed E-state index contributed by atoms with van der Waals surface area (Å²) >= 11 is 3.13. The van der Waals surface area contributed by atoms with Gasteiger partial charge in [0.2, 0.25) is 10.0 Å². The molecule has 0 amide bonds. The van der Waals surface area contributed by atoms with Crippen molar-refractivity contribution in [3.63, 3.8) is 0 Å². The summed E-state index contributed by atoms with van der Waals surface area (Å²) in [5.41, 5.74) is -0.439. The van der Waals surface area contributed by atoms with Gasteiger partial charge in [-0.15, -0.1) is 0 Å². The highest BCUT2D eigenvalue weighted by Crippen LogP contribution is 2.27. The Hall–Kier alpha value is -1.03. The van der Waals surface area contributed by atoms with Gasteiger partial charge in [-0.1, -0.05) is 15.9 Å². The van der Waals surface area contributed by atoms with Gasteiger partial charge in [0.15, 0.2) is 4.90 Å². The number of nitro groups is 1. The van der Waals surface area contributed by atoms with Crippen LogP contribution in [-0.4, -0.2) is 33.1 Å². The Kier molecular flexibility index (Phi) is 5.31. The maximum Gasteiger partial charge on any atom is 0.289 e. The number of sulfonamides is 1. The molecule has 1 aliphatic heterocycles. The number of benzene rings is 1. The van der Waals surface area contributed by atoms with Crippen molar-refractivity contribution in [2.24, 2.45) is 5.92 Å². The minimum absolute atomic E-state index is 0.0970. The topological polar surface area (TPSA) is 98.5 Å². The van der Waals surface area contributed by atoms with Crippen molar-refractivity contribution >= 4 is 31.6 Å². The van der Waals surface area contributed by atoms with Crippen molar-refractivity contribution in [2.45, 2.75) is 17.7 Å². The second kappa shape index (κ2) is 6.82. The molecule has 9 heteroatoms. The molecule has 1 fully saturated rings. The van der Waals surface area contributed by atoms with Crippen molar-refractivity contribution in [2.75, 3.05) is 19.8 Å². The van der Waals surface area contributed by atoms with Gasteiger partial charge in [0.05, 0.1) is 11.5 Å². The lowest BCUT2D eigenvalue weighted by atomic mass is 10.0. The first-order valence-corrected chi connectivity index (χ1v) is 8.69. The lowest BCUT2D eigenvalue weighted by molar-refractivity contribution is -0.387. The molecule has 1 N–H and O–H groups in total. The van der Waals surface area contributed by atoms with Crippen LogP contribution in [-0.2, 0) is 14.8 Å². The molecule has 1 aromatic rings. The number of rotatable bonds is 5. The fourth-order valence-corrected chi connectivity index (χ4v) is 3.95. The molecule has 7 nitrogen and oxygen atoms in total. The smallest absolute Gasteiger partial charge is 0.289 e. The molecule has 116 valence electrons. The molecule has 2 rings (SSSR count). The van der Waals surface area contributed by atoms with E-state index in [4.69, 9.17) is 4.74 Å². The van der Waals surface area contributed by atoms with Crippen LogP contribution in [0, 0.1) is 16.0 Å². The summed E-state index contributed by atoms with van der Waals surface area (Å²) in [6.45, 7) is 1.41. The summed E-state index contributed by atoms with van der Waals surface area (Å²) in [7, 11) is -3.94. The van der Waals surface area contributed by atoms with Crippen molar-refractivity contribution in [1.82, 2.24) is 4.72 Å². The van der Waals surface area contributed by atoms with E-state index in [1.165, 1.54) is 18.2 Å². The van der Waals surface area contributed by atoms with E-state index in [2.05, 4.69) is 20.7 Å². The summed E-state index contributed by atoms with van der Waals surface area (Å²) in [5.74, 6) is 0.0970. The van der Waals surface area contributed by atoms with E-state index in [0.29, 0.717) is 17.7 Å². The summed E-state index contributed by atoms with van der Waals surface area (Å²) in [6.07, 6.45) is 1.77. The fraction of sp³-hybridized carbons (Fsp3) is 0.500. The van der Waals surface area contributed by atoms with Gasteiger partial charge >= 0.3 is 0 Å². The maximum atomic E-state index is 12.3. The molecule has 0 aliphatic carbocycles. The number of nitrogens with zero attached hydrogens (tertiary/aromatic N) is 1. The monoisotopic (exact) mass is 378 g/mol. The van der Waals surface area contributed by atoms with Crippen LogP contribution in [0.4, 0.5) is 5.69 Å². The summed E-state index contributed by atoms with van der Waals surface area (Å²) in [5, 5.41) is 11.0. The molecular formula is C12H15BrN2O5S. The summed E-state index contributed by atoms with van der Waals surface area (Å²) < 4.78 is 32.7. The molecular weight excluding hydrogens is 364 g/mol. The van der Waals surface area contributed by atoms with Gasteiger partial charge in [0.1, 0.15) is 0 Å². The fourth-order valence-electron chi connectivity index (χ4n) is 2.13. The van der Waals surface area contributed by atoms with Crippen LogP contribution >= 0.6 is 15.9 Å². The maximum absolute atomic E-state index is 12.3. The Morgan fingerprint density at radius 1 is 1.48 bits per heavy atom. The standard InChI is InChI=1S/C12H15BrN2O5S/c13-10-3-4-11(15(16)17)12(6-10)21(18,19)14-7-9-2-1-5-20-8-9/h3-4,6,9,14H,1-2,5,7-8H2. The Morgan fingerprint density at radius 2 is 2.24 bits per heavy atom. The third-order valence-corrected chi connectivity index (χ3v) is 5.17. The second-order valence-corrected chi connectivity index (χ2v) is 7.46. The predicted molar refractivity (Wildman–Crippen MR) is 79.5 cm³/mol. The average Bonchev–Trinajstić information content (AvgIpc) is 2.46. The van der Waals surface area contributed by atoms with E-state index >= 15 is 0 Å². The van der Waals surface area contributed by atoms with E-state index in [1.807, 2.05) is 0 Å². The van der Waals surface area contributed by atoms with Crippen molar-refractivity contribution in [3.05, 3.63) is 32.8 Å². The molecule has 0 bridgehead atoms. The van der Waals surface area contributed by atoms with Crippen LogP contribution in [0.1, 0.15) is 12.8 Å². The van der Waals surface area contributed by atoms with Gasteiger partial charge < -0.3 is 4.74 Å². The Morgan fingerprint density at radius 3 is 2.86 bits per heavy atom. The van der Waals surface area contributed by atoms with Crippen LogP contribution in [0.5, 0.6) is 0 Å². The van der Waals surface area contributed by atoms with Crippen molar-refractivity contribution in [1.29, 1.82) is 0 Å². The van der Waals surface area contributed by atoms with E-state index in [9.17, 15) is 18.5 Å². The second-order valence-electron chi connectivity index (χ2n) is 4.80. The van der Waals surface area contributed by atoms with Gasteiger partial charge in [-0.05, 0) is 30.9 Å². The Bertz CT molecular complexity index is 629. The molecule has 1 heterocycles. The normalized spacial score (nSPS) is 19.4. The van der Waals surface area contributed by atoms with Crippen LogP contribution in [0.2, 0.25) is 0 Å². The molecule has 0 radical (unpaired) electrons. The molecule has 1 aromatic carbocycles. The lowest BCUT2D eigenvalue weighted by Crippen LogP contribution is -2.33. The Balaban J connectivity index is 2.18. The highest BCUT2D eigenvalue weighted by molar-refractivity contribution is 9.10. The van der Waals surface area contributed by atoms with Gasteiger partial charge in [-0.3, -0.25) is 10.1 Å². The Labute approximate surface area is 131 Å². The van der Waals surface area contributed by atoms with E-state index in [1.54, 1.807) is 0 Å². The molecule has 1 aliphatic rings. The van der Waals surface area contributed by atoms with Crippen LogP contribution in [0.15, 0.2) is 27.6 Å². The molecule has 21 heavy (non-hydrogen) atoms. The number of halogens is 1. The zero-order valence-corrected chi connectivity index (χ0v) is 13.5. The SMILES string of the molecule is O=[N+]([O-])c1ccc(Br)cc1S(=O)(=O)NCC1CCCOC1. The largest absolute Gasteiger partial charge is 0.381 e. The van der Waals surface area contributed by atoms with Gasteiger partial charge in [-0.2, -0.15) is 0 Å². The summed E-state index contributed by atoms with van der Waals surface area (Å²) in [4.78, 5) is 9.93. The lowest BCUT2D eigenvalue weighted by Gasteiger charge is -2.22. The van der Waals surface area contributed by atoms with Gasteiger partial charge in [-0.25, -0.2) is 13.1 Å². The van der Waals surface area contributed by atoms with E-state index in [-0.39, 0.29) is 17.4 Å². The molecule has 1 saturated heterocycles. The number of nitrogens with one attached hydrogen (secondary N) is 1. The number of nitro benzene ring substituents is 1. The first kappa shape index (κ1) is 16.3. The van der Waals surface area contributed by atoms with Crippen LogP contribution in [0.3, 0.4) is 0 Å². The molecule has 0 saturated carbocycles. The molecule has 1 unspecified atom stereocenters. The van der Waals surface area contributed by atoms with Gasteiger partial charge in [0.25, 0.3) is 5.69 Å². The van der Waals surface area contributed by atoms with E-state index < -0.39 is 20.6 Å². The third kappa shape index (κ3) is 4.22. The first-order valence-electron chi connectivity index (χ1n) is 6.41. The molecule has 0 spiro atoms. The zero-order valence-electron chi connectivity index (χ0n) is 11.1. The highest BCUT2D eigenvalue weighted by Gasteiger charge is 2.27. The average molecular weight is 379 g/mol. The van der Waals surface area contributed by atoms with E-state index in [0.717, 1.165) is 12.8 Å². The number of hydrogen-bond donors (Lipinski definition) is 1. The minimum atomic E-state index is -3.94. The third-order valence-electron chi connectivity index (χ3n) is 3.22. The van der Waals surface area contributed by atoms with Gasteiger partial charge in [0, 0.05) is 23.7 Å². The predicted octanol–water partition coefficient (Wildman–Crippen LogP) is 2.06.